The Morgan fingerprint density at radius 3 is 2.52 bits per heavy atom. The first-order chi connectivity index (χ1) is 10.1. The van der Waals surface area contributed by atoms with Crippen molar-refractivity contribution < 1.29 is 0 Å². The normalized spacial score (nSPS) is 26.8. The Morgan fingerprint density at radius 2 is 1.90 bits per heavy atom. The van der Waals surface area contributed by atoms with E-state index >= 15 is 0 Å². The summed E-state index contributed by atoms with van der Waals surface area (Å²) >= 11 is 2.15. The van der Waals surface area contributed by atoms with Gasteiger partial charge in [-0.3, -0.25) is 0 Å². The van der Waals surface area contributed by atoms with E-state index in [9.17, 15) is 0 Å². The van der Waals surface area contributed by atoms with Gasteiger partial charge >= 0.3 is 0 Å². The molecule has 2 heteroatoms. The highest BCUT2D eigenvalue weighted by molar-refractivity contribution is 7.99. The van der Waals surface area contributed by atoms with E-state index in [0.717, 1.165) is 16.9 Å². The topological polar surface area (TPSA) is 12.0 Å². The first kappa shape index (κ1) is 16.9. The minimum atomic E-state index is 0.490. The van der Waals surface area contributed by atoms with Gasteiger partial charge in [0.1, 0.15) is 0 Å². The van der Waals surface area contributed by atoms with Gasteiger partial charge in [-0.25, -0.2) is 0 Å². The summed E-state index contributed by atoms with van der Waals surface area (Å²) in [6.45, 7) is 7.25. The van der Waals surface area contributed by atoms with Crippen molar-refractivity contribution in [2.75, 3.05) is 7.05 Å². The second kappa shape index (κ2) is 7.69. The molecule has 0 amide bonds. The molecule has 1 aromatic rings. The van der Waals surface area contributed by atoms with Gasteiger partial charge < -0.3 is 5.32 Å². The highest BCUT2D eigenvalue weighted by Crippen LogP contribution is 2.44. The van der Waals surface area contributed by atoms with Crippen LogP contribution in [0.2, 0.25) is 0 Å². The van der Waals surface area contributed by atoms with Crippen LogP contribution in [0.4, 0.5) is 0 Å². The lowest BCUT2D eigenvalue weighted by Gasteiger charge is -2.43. The molecule has 3 atom stereocenters. The molecule has 0 aliphatic heterocycles. The molecular formula is C19H31NS. The molecule has 1 N–H and O–H groups in total. The summed E-state index contributed by atoms with van der Waals surface area (Å²) in [5.74, 6) is 2.02. The number of rotatable bonds is 6. The monoisotopic (exact) mass is 305 g/mol. The standard InChI is InChI=1S/C19H31NS/c1-5-19(2,3)16-11-12-17(20-4)18(13-16)21-14-15-9-7-6-8-10-15/h6-10,16-18,20H,5,11-14H2,1-4H3. The molecule has 1 aromatic carbocycles. The maximum atomic E-state index is 3.56. The summed E-state index contributed by atoms with van der Waals surface area (Å²) in [5.41, 5.74) is 1.94. The second-order valence-electron chi connectivity index (χ2n) is 7.08. The average molecular weight is 306 g/mol. The molecule has 1 fully saturated rings. The van der Waals surface area contributed by atoms with E-state index in [4.69, 9.17) is 0 Å². The zero-order valence-corrected chi connectivity index (χ0v) is 14.9. The van der Waals surface area contributed by atoms with Crippen molar-refractivity contribution in [1.82, 2.24) is 5.32 Å². The highest BCUT2D eigenvalue weighted by Gasteiger charge is 2.36. The first-order valence-electron chi connectivity index (χ1n) is 8.39. The molecular weight excluding hydrogens is 274 g/mol. The Kier molecular flexibility index (Phi) is 6.19. The Labute approximate surface area is 135 Å². The smallest absolute Gasteiger partial charge is 0.0207 e. The van der Waals surface area contributed by atoms with E-state index < -0.39 is 0 Å². The molecule has 0 radical (unpaired) electrons. The number of nitrogens with one attached hydrogen (secondary N) is 1. The van der Waals surface area contributed by atoms with Crippen molar-refractivity contribution in [1.29, 1.82) is 0 Å². The molecule has 118 valence electrons. The van der Waals surface area contributed by atoms with Crippen LogP contribution >= 0.6 is 11.8 Å². The lowest BCUT2D eigenvalue weighted by atomic mass is 9.68. The summed E-state index contributed by atoms with van der Waals surface area (Å²) in [5, 5.41) is 4.31. The molecule has 1 aliphatic carbocycles. The Bertz CT molecular complexity index is 415. The largest absolute Gasteiger partial charge is 0.316 e. The molecule has 0 heterocycles. The van der Waals surface area contributed by atoms with Gasteiger partial charge in [0, 0.05) is 17.0 Å². The molecule has 0 aromatic heterocycles. The first-order valence-corrected chi connectivity index (χ1v) is 9.44. The zero-order chi connectivity index (χ0) is 15.3. The van der Waals surface area contributed by atoms with Crippen LogP contribution in [0.5, 0.6) is 0 Å². The lowest BCUT2D eigenvalue weighted by molar-refractivity contribution is 0.142. The van der Waals surface area contributed by atoms with Gasteiger partial charge in [-0.15, -0.1) is 0 Å². The Hall–Kier alpha value is -0.470. The van der Waals surface area contributed by atoms with Crippen LogP contribution in [0.25, 0.3) is 0 Å². The molecule has 0 bridgehead atoms. The maximum absolute atomic E-state index is 3.56. The van der Waals surface area contributed by atoms with Gasteiger partial charge in [0.15, 0.2) is 0 Å². The summed E-state index contributed by atoms with van der Waals surface area (Å²) in [6.07, 6.45) is 5.37. The second-order valence-corrected chi connectivity index (χ2v) is 8.31. The third-order valence-corrected chi connectivity index (χ3v) is 6.93. The third-order valence-electron chi connectivity index (χ3n) is 5.49. The molecule has 21 heavy (non-hydrogen) atoms. The van der Waals surface area contributed by atoms with Gasteiger partial charge in [0.05, 0.1) is 0 Å². The quantitative estimate of drug-likeness (QED) is 0.783. The molecule has 1 nitrogen and oxygen atoms in total. The van der Waals surface area contributed by atoms with Crippen molar-refractivity contribution in [3.8, 4) is 0 Å². The summed E-state index contributed by atoms with van der Waals surface area (Å²) < 4.78 is 0. The molecule has 2 rings (SSSR count). The van der Waals surface area contributed by atoms with Crippen molar-refractivity contribution >= 4 is 11.8 Å². The van der Waals surface area contributed by atoms with E-state index in [0.29, 0.717) is 11.5 Å². The minimum absolute atomic E-state index is 0.490. The molecule has 1 aliphatic rings. The van der Waals surface area contributed by atoms with Gasteiger partial charge in [0.25, 0.3) is 0 Å². The van der Waals surface area contributed by atoms with Crippen LogP contribution in [0.1, 0.15) is 52.0 Å². The van der Waals surface area contributed by atoms with Crippen molar-refractivity contribution in [3.05, 3.63) is 35.9 Å². The van der Waals surface area contributed by atoms with Crippen LogP contribution < -0.4 is 5.32 Å². The lowest BCUT2D eigenvalue weighted by Crippen LogP contribution is -2.43. The van der Waals surface area contributed by atoms with E-state index in [1.807, 2.05) is 0 Å². The van der Waals surface area contributed by atoms with Gasteiger partial charge in [0.2, 0.25) is 0 Å². The van der Waals surface area contributed by atoms with Gasteiger partial charge in [-0.1, -0.05) is 57.5 Å². The fourth-order valence-corrected chi connectivity index (χ4v) is 4.89. The predicted molar refractivity (Wildman–Crippen MR) is 95.8 cm³/mol. The average Bonchev–Trinajstić information content (AvgIpc) is 2.53. The summed E-state index contributed by atoms with van der Waals surface area (Å²) in [6, 6.07) is 11.6. The fourth-order valence-electron chi connectivity index (χ4n) is 3.42. The predicted octanol–water partition coefficient (Wildman–Crippen LogP) is 5.11. The van der Waals surface area contributed by atoms with Crippen LogP contribution in [-0.2, 0) is 5.75 Å². The van der Waals surface area contributed by atoms with Crippen LogP contribution in [-0.4, -0.2) is 18.3 Å². The van der Waals surface area contributed by atoms with E-state index in [1.54, 1.807) is 0 Å². The molecule has 0 spiro atoms. The van der Waals surface area contributed by atoms with Crippen LogP contribution in [0.3, 0.4) is 0 Å². The van der Waals surface area contributed by atoms with Gasteiger partial charge in [-0.2, -0.15) is 11.8 Å². The van der Waals surface area contributed by atoms with Crippen molar-refractivity contribution in [3.63, 3.8) is 0 Å². The number of hydrogen-bond donors (Lipinski definition) is 1. The van der Waals surface area contributed by atoms with Crippen molar-refractivity contribution in [2.24, 2.45) is 11.3 Å². The minimum Gasteiger partial charge on any atom is -0.316 e. The van der Waals surface area contributed by atoms with Crippen molar-refractivity contribution in [2.45, 2.75) is 63.5 Å². The SMILES string of the molecule is CCC(C)(C)C1CCC(NC)C(SCc2ccccc2)C1. The van der Waals surface area contributed by atoms with E-state index in [-0.39, 0.29) is 0 Å². The van der Waals surface area contributed by atoms with E-state index in [2.05, 4.69) is 75.2 Å². The number of thioether (sulfide) groups is 1. The van der Waals surface area contributed by atoms with Crippen LogP contribution in [0, 0.1) is 11.3 Å². The number of hydrogen-bond acceptors (Lipinski definition) is 2. The maximum Gasteiger partial charge on any atom is 0.0207 e. The number of benzene rings is 1. The van der Waals surface area contributed by atoms with E-state index in [1.165, 1.54) is 31.2 Å². The Balaban J connectivity index is 1.97. The summed E-state index contributed by atoms with van der Waals surface area (Å²) in [4.78, 5) is 0. The summed E-state index contributed by atoms with van der Waals surface area (Å²) in [7, 11) is 2.13. The molecule has 0 saturated heterocycles. The fraction of sp³-hybridized carbons (Fsp3) is 0.684. The zero-order valence-electron chi connectivity index (χ0n) is 14.1. The van der Waals surface area contributed by atoms with Gasteiger partial charge in [-0.05, 0) is 43.2 Å². The molecule has 1 saturated carbocycles. The molecule has 3 unspecified atom stereocenters. The van der Waals surface area contributed by atoms with Crippen LogP contribution in [0.15, 0.2) is 30.3 Å². The third kappa shape index (κ3) is 4.50. The highest BCUT2D eigenvalue weighted by atomic mass is 32.2. The Morgan fingerprint density at radius 1 is 1.19 bits per heavy atom.